The van der Waals surface area contributed by atoms with Crippen molar-refractivity contribution in [3.63, 3.8) is 0 Å². The van der Waals surface area contributed by atoms with E-state index in [1.165, 1.54) is 19.3 Å². The summed E-state index contributed by atoms with van der Waals surface area (Å²) in [5, 5.41) is 3.90. The van der Waals surface area contributed by atoms with Crippen molar-refractivity contribution in [2.24, 2.45) is 5.92 Å². The summed E-state index contributed by atoms with van der Waals surface area (Å²) in [6, 6.07) is 7.49. The Hall–Kier alpha value is -1.75. The quantitative estimate of drug-likeness (QED) is 0.614. The zero-order valence-corrected chi connectivity index (χ0v) is 17.3. The Labute approximate surface area is 175 Å². The number of hydrogen-bond donors (Lipinski definition) is 1. The summed E-state index contributed by atoms with van der Waals surface area (Å²) in [6.07, 6.45) is 7.07. The van der Waals surface area contributed by atoms with E-state index in [9.17, 15) is 13.6 Å². The largest absolute Gasteiger partial charge is 0.352 e. The average Bonchev–Trinajstić information content (AvgIpc) is 2.71. The van der Waals surface area contributed by atoms with Gasteiger partial charge in [0.25, 0.3) is 5.91 Å². The predicted octanol–water partition coefficient (Wildman–Crippen LogP) is 6.49. The topological polar surface area (TPSA) is 42.0 Å². The van der Waals surface area contributed by atoms with E-state index >= 15 is 0 Å². The molecular formula is C23H27ClF2N2O. The molecule has 1 heterocycles. The second kappa shape index (κ2) is 8.55. The van der Waals surface area contributed by atoms with Gasteiger partial charge >= 0.3 is 0 Å². The fourth-order valence-corrected chi connectivity index (χ4v) is 5.08. The maximum atomic E-state index is 13.6. The first-order chi connectivity index (χ1) is 13.9. The zero-order valence-electron chi connectivity index (χ0n) is 16.5. The number of fused-ring (bicyclic) bond motifs is 1. The van der Waals surface area contributed by atoms with E-state index in [0.717, 1.165) is 24.1 Å². The molecule has 0 aliphatic heterocycles. The highest BCUT2D eigenvalue weighted by molar-refractivity contribution is 6.35. The number of carbonyl (C=O) groups is 1. The molecule has 1 atom stereocenters. The molecule has 0 radical (unpaired) electrons. The first-order valence-electron chi connectivity index (χ1n) is 10.7. The lowest BCUT2D eigenvalue weighted by Gasteiger charge is -2.29. The summed E-state index contributed by atoms with van der Waals surface area (Å²) < 4.78 is 27.2. The Bertz CT molecular complexity index is 896. The van der Waals surface area contributed by atoms with Gasteiger partial charge in [0.05, 0.1) is 16.1 Å². The van der Waals surface area contributed by atoms with Crippen molar-refractivity contribution in [3.05, 3.63) is 40.5 Å². The van der Waals surface area contributed by atoms with E-state index in [1.54, 1.807) is 6.07 Å². The van der Waals surface area contributed by atoms with Crippen molar-refractivity contribution in [1.29, 1.82) is 0 Å². The number of nitrogens with zero attached hydrogens (tertiary/aromatic N) is 1. The minimum atomic E-state index is -2.62. The van der Waals surface area contributed by atoms with Crippen molar-refractivity contribution >= 4 is 28.4 Å². The molecule has 2 aliphatic carbocycles. The van der Waals surface area contributed by atoms with Gasteiger partial charge in [-0.2, -0.15) is 0 Å². The van der Waals surface area contributed by atoms with Crippen LogP contribution in [0.5, 0.6) is 0 Å². The van der Waals surface area contributed by atoms with Crippen LogP contribution in [0.4, 0.5) is 8.78 Å². The number of pyridine rings is 1. The van der Waals surface area contributed by atoms with E-state index in [1.807, 2.05) is 18.2 Å². The van der Waals surface area contributed by atoms with Crippen molar-refractivity contribution in [2.75, 3.05) is 6.54 Å². The first-order valence-corrected chi connectivity index (χ1v) is 11.1. The summed E-state index contributed by atoms with van der Waals surface area (Å²) >= 11 is 6.34. The van der Waals surface area contributed by atoms with Gasteiger partial charge in [0, 0.05) is 36.4 Å². The Kier molecular flexibility index (Phi) is 6.05. The number of hydrogen-bond acceptors (Lipinski definition) is 2. The molecule has 0 bridgehead atoms. The highest BCUT2D eigenvalue weighted by Gasteiger charge is 2.36. The third-order valence-corrected chi connectivity index (χ3v) is 6.70. The van der Waals surface area contributed by atoms with Gasteiger partial charge in [0.2, 0.25) is 5.92 Å². The van der Waals surface area contributed by atoms with Gasteiger partial charge in [0.15, 0.2) is 0 Å². The lowest BCUT2D eigenvalue weighted by molar-refractivity contribution is -0.0518. The highest BCUT2D eigenvalue weighted by atomic mass is 35.5. The van der Waals surface area contributed by atoms with Gasteiger partial charge in [-0.3, -0.25) is 9.78 Å². The van der Waals surface area contributed by atoms with Gasteiger partial charge in [0.1, 0.15) is 0 Å². The van der Waals surface area contributed by atoms with Crippen LogP contribution >= 0.6 is 11.6 Å². The lowest BCUT2D eigenvalue weighted by Crippen LogP contribution is -2.35. The zero-order chi connectivity index (χ0) is 20.4. The molecule has 1 N–H and O–H groups in total. The first kappa shape index (κ1) is 20.5. The minimum absolute atomic E-state index is 0.0540. The molecule has 1 amide bonds. The molecule has 2 fully saturated rings. The molecule has 2 aliphatic rings. The third kappa shape index (κ3) is 4.71. The summed E-state index contributed by atoms with van der Waals surface area (Å²) in [6.45, 7) is 0.245. The van der Waals surface area contributed by atoms with Crippen LogP contribution in [0.15, 0.2) is 24.3 Å². The number of aromatic nitrogens is 1. The van der Waals surface area contributed by atoms with E-state index in [0.29, 0.717) is 34.7 Å². The molecule has 0 saturated heterocycles. The molecule has 1 aromatic heterocycles. The lowest BCUT2D eigenvalue weighted by atomic mass is 9.86. The van der Waals surface area contributed by atoms with Crippen LogP contribution in [0.25, 0.3) is 10.9 Å². The van der Waals surface area contributed by atoms with E-state index in [2.05, 4.69) is 5.32 Å². The number of amides is 1. The molecule has 4 rings (SSSR count). The Balaban J connectivity index is 1.52. The number of benzene rings is 1. The van der Waals surface area contributed by atoms with Crippen LogP contribution in [0.2, 0.25) is 5.02 Å². The second-order valence-corrected chi connectivity index (χ2v) is 9.00. The number of halogens is 3. The molecule has 1 unspecified atom stereocenters. The predicted molar refractivity (Wildman–Crippen MR) is 112 cm³/mol. The van der Waals surface area contributed by atoms with Gasteiger partial charge < -0.3 is 5.32 Å². The molecule has 6 heteroatoms. The molecule has 156 valence electrons. The standard InChI is InChI=1S/C23H27ClF2N2O/c24-18-9-11-20-17(8-10-19(28-20)16-6-2-1-3-7-16)21(18)22(29)27-14-15-5-4-12-23(25,26)13-15/h8-11,15-16H,1-7,12-14H2,(H,27,29). The molecular weight excluding hydrogens is 394 g/mol. The van der Waals surface area contributed by atoms with Crippen molar-refractivity contribution in [1.82, 2.24) is 10.3 Å². The molecule has 1 aromatic carbocycles. The molecule has 29 heavy (non-hydrogen) atoms. The van der Waals surface area contributed by atoms with E-state index in [4.69, 9.17) is 16.6 Å². The Morgan fingerprint density at radius 1 is 1.10 bits per heavy atom. The van der Waals surface area contributed by atoms with Crippen LogP contribution in [-0.4, -0.2) is 23.4 Å². The second-order valence-electron chi connectivity index (χ2n) is 8.59. The van der Waals surface area contributed by atoms with Crippen LogP contribution in [0.3, 0.4) is 0 Å². The summed E-state index contributed by atoms with van der Waals surface area (Å²) in [7, 11) is 0. The van der Waals surface area contributed by atoms with Gasteiger partial charge in [-0.05, 0) is 49.8 Å². The van der Waals surface area contributed by atoms with Crippen LogP contribution in [0, 0.1) is 5.92 Å². The summed E-state index contributed by atoms with van der Waals surface area (Å²) in [5.74, 6) is -2.66. The van der Waals surface area contributed by atoms with Crippen LogP contribution in [0.1, 0.15) is 79.8 Å². The Morgan fingerprint density at radius 2 is 1.90 bits per heavy atom. The molecule has 0 spiro atoms. The summed E-state index contributed by atoms with van der Waals surface area (Å²) in [4.78, 5) is 17.7. The van der Waals surface area contributed by atoms with Crippen molar-refractivity contribution < 1.29 is 13.6 Å². The van der Waals surface area contributed by atoms with Gasteiger partial charge in [-0.15, -0.1) is 0 Å². The fourth-order valence-electron chi connectivity index (χ4n) is 4.83. The van der Waals surface area contributed by atoms with Gasteiger partial charge in [-0.25, -0.2) is 8.78 Å². The molecule has 2 aromatic rings. The van der Waals surface area contributed by atoms with Crippen LogP contribution in [-0.2, 0) is 0 Å². The molecule has 3 nitrogen and oxygen atoms in total. The maximum absolute atomic E-state index is 13.6. The van der Waals surface area contributed by atoms with E-state index < -0.39 is 5.92 Å². The Morgan fingerprint density at radius 3 is 2.66 bits per heavy atom. The SMILES string of the molecule is O=C(NCC1CCCC(F)(F)C1)c1c(Cl)ccc2nc(C3CCCCC3)ccc12. The minimum Gasteiger partial charge on any atom is -0.352 e. The van der Waals surface area contributed by atoms with E-state index in [-0.39, 0.29) is 31.2 Å². The number of nitrogens with one attached hydrogen (secondary N) is 1. The monoisotopic (exact) mass is 420 g/mol. The summed E-state index contributed by atoms with van der Waals surface area (Å²) in [5.41, 5.74) is 2.22. The maximum Gasteiger partial charge on any atom is 0.253 e. The van der Waals surface area contributed by atoms with Crippen LogP contribution < -0.4 is 5.32 Å². The average molecular weight is 421 g/mol. The number of alkyl halides is 2. The normalized spacial score (nSPS) is 22.5. The smallest absolute Gasteiger partial charge is 0.253 e. The highest BCUT2D eigenvalue weighted by Crippen LogP contribution is 2.37. The van der Waals surface area contributed by atoms with Gasteiger partial charge in [-0.1, -0.05) is 36.9 Å². The van der Waals surface area contributed by atoms with Crippen molar-refractivity contribution in [3.8, 4) is 0 Å². The fraction of sp³-hybridized carbons (Fsp3) is 0.565. The number of carbonyl (C=O) groups excluding carboxylic acids is 1. The van der Waals surface area contributed by atoms with Crippen molar-refractivity contribution in [2.45, 2.75) is 69.6 Å². The third-order valence-electron chi connectivity index (χ3n) is 6.39. The molecule has 2 saturated carbocycles. The number of rotatable bonds is 4.